The fourth-order valence-corrected chi connectivity index (χ4v) is 4.05. The summed E-state index contributed by atoms with van der Waals surface area (Å²) < 4.78 is 5.25. The topological polar surface area (TPSA) is 51.2 Å². The van der Waals surface area contributed by atoms with E-state index in [0.717, 1.165) is 34.3 Å². The first-order valence-corrected chi connectivity index (χ1v) is 10.0. The number of nitrogens with zero attached hydrogens (tertiary/aromatic N) is 1. The van der Waals surface area contributed by atoms with Crippen LogP contribution in [0.25, 0.3) is 22.2 Å². The van der Waals surface area contributed by atoms with Crippen molar-refractivity contribution in [2.45, 2.75) is 38.6 Å². The van der Waals surface area contributed by atoms with Crippen LogP contribution in [0.4, 0.5) is 0 Å². The Kier molecular flexibility index (Phi) is 5.29. The number of methoxy groups -OCH3 is 1. The number of hydrogen-bond donors (Lipinski definition) is 1. The van der Waals surface area contributed by atoms with Gasteiger partial charge in [-0.25, -0.2) is 4.98 Å². The van der Waals surface area contributed by atoms with Gasteiger partial charge in [0.1, 0.15) is 5.75 Å². The van der Waals surface area contributed by atoms with Crippen molar-refractivity contribution in [1.82, 2.24) is 10.3 Å². The maximum atomic E-state index is 13.2. The predicted molar refractivity (Wildman–Crippen MR) is 113 cm³/mol. The molecule has 28 heavy (non-hydrogen) atoms. The lowest BCUT2D eigenvalue weighted by Crippen LogP contribution is -2.41. The van der Waals surface area contributed by atoms with Crippen LogP contribution in [-0.4, -0.2) is 24.0 Å². The smallest absolute Gasteiger partial charge is 0.252 e. The van der Waals surface area contributed by atoms with E-state index in [9.17, 15) is 4.79 Å². The highest BCUT2D eigenvalue weighted by Gasteiger charge is 2.24. The minimum absolute atomic E-state index is 0.00730. The number of ether oxygens (including phenoxy) is 1. The van der Waals surface area contributed by atoms with Crippen LogP contribution >= 0.6 is 0 Å². The highest BCUT2D eigenvalue weighted by molar-refractivity contribution is 6.07. The Bertz CT molecular complexity index is 982. The summed E-state index contributed by atoms with van der Waals surface area (Å²) in [5, 5.41) is 4.18. The van der Waals surface area contributed by atoms with E-state index in [1.165, 1.54) is 19.3 Å². The molecule has 0 aliphatic heterocycles. The van der Waals surface area contributed by atoms with E-state index >= 15 is 0 Å². The Labute approximate surface area is 165 Å². The molecule has 2 aromatic carbocycles. The van der Waals surface area contributed by atoms with Crippen molar-refractivity contribution in [3.05, 3.63) is 60.2 Å². The number of hydrogen-bond acceptors (Lipinski definition) is 3. The molecule has 1 aliphatic rings. The standard InChI is InChI=1S/C24H26N2O2/c1-16-7-3-5-9-21(16)26-24(27)20-15-23(17-11-13-18(28-2)14-12-17)25-22-10-6-4-8-19(20)22/h4,6,8,10-16,21H,3,5,7,9H2,1-2H3,(H,26,27)/t16-,21+/m1/s1. The van der Waals surface area contributed by atoms with Crippen molar-refractivity contribution in [2.24, 2.45) is 5.92 Å². The first-order valence-electron chi connectivity index (χ1n) is 10.0. The third-order valence-electron chi connectivity index (χ3n) is 5.77. The molecule has 1 N–H and O–H groups in total. The Balaban J connectivity index is 1.72. The highest BCUT2D eigenvalue weighted by atomic mass is 16.5. The van der Waals surface area contributed by atoms with Gasteiger partial charge in [-0.15, -0.1) is 0 Å². The summed E-state index contributed by atoms with van der Waals surface area (Å²) in [6, 6.07) is 17.8. The molecule has 0 radical (unpaired) electrons. The molecule has 4 nitrogen and oxygen atoms in total. The molecule has 1 fully saturated rings. The van der Waals surface area contributed by atoms with Crippen molar-refractivity contribution in [3.8, 4) is 17.0 Å². The molecular formula is C24H26N2O2. The van der Waals surface area contributed by atoms with Crippen molar-refractivity contribution in [3.63, 3.8) is 0 Å². The molecule has 4 rings (SSSR count). The molecule has 144 valence electrons. The van der Waals surface area contributed by atoms with Gasteiger partial charge in [0.25, 0.3) is 5.91 Å². The van der Waals surface area contributed by atoms with E-state index in [2.05, 4.69) is 12.2 Å². The zero-order valence-corrected chi connectivity index (χ0v) is 16.4. The van der Waals surface area contributed by atoms with Gasteiger partial charge in [0.15, 0.2) is 0 Å². The van der Waals surface area contributed by atoms with Gasteiger partial charge in [0.05, 0.1) is 23.9 Å². The number of fused-ring (bicyclic) bond motifs is 1. The number of aromatic nitrogens is 1. The second-order valence-corrected chi connectivity index (χ2v) is 7.64. The average Bonchev–Trinajstić information content (AvgIpc) is 2.74. The third-order valence-corrected chi connectivity index (χ3v) is 5.77. The third kappa shape index (κ3) is 3.72. The van der Waals surface area contributed by atoms with E-state index in [0.29, 0.717) is 11.5 Å². The van der Waals surface area contributed by atoms with E-state index in [1.807, 2.05) is 54.6 Å². The molecule has 0 bridgehead atoms. The molecule has 0 unspecified atom stereocenters. The number of para-hydroxylation sites is 1. The van der Waals surface area contributed by atoms with E-state index in [-0.39, 0.29) is 11.9 Å². The molecule has 4 heteroatoms. The number of carbonyl (C=O) groups excluding carboxylic acids is 1. The molecule has 1 saturated carbocycles. The van der Waals surface area contributed by atoms with Crippen molar-refractivity contribution >= 4 is 16.8 Å². The fraction of sp³-hybridized carbons (Fsp3) is 0.333. The van der Waals surface area contributed by atoms with Crippen molar-refractivity contribution in [2.75, 3.05) is 7.11 Å². The van der Waals surface area contributed by atoms with Crippen LogP contribution in [0.5, 0.6) is 5.75 Å². The van der Waals surface area contributed by atoms with Crippen LogP contribution in [-0.2, 0) is 0 Å². The minimum Gasteiger partial charge on any atom is -0.497 e. The monoisotopic (exact) mass is 374 g/mol. The molecule has 1 heterocycles. The summed E-state index contributed by atoms with van der Waals surface area (Å²) in [6.07, 6.45) is 4.68. The largest absolute Gasteiger partial charge is 0.497 e. The number of nitrogens with one attached hydrogen (secondary N) is 1. The van der Waals surface area contributed by atoms with Crippen molar-refractivity contribution < 1.29 is 9.53 Å². The Morgan fingerprint density at radius 3 is 2.57 bits per heavy atom. The molecule has 1 aliphatic carbocycles. The lowest BCUT2D eigenvalue weighted by molar-refractivity contribution is 0.0912. The van der Waals surface area contributed by atoms with Gasteiger partial charge in [0.2, 0.25) is 0 Å². The molecular weight excluding hydrogens is 348 g/mol. The molecule has 0 saturated heterocycles. The second-order valence-electron chi connectivity index (χ2n) is 7.64. The van der Waals surface area contributed by atoms with E-state index in [1.54, 1.807) is 7.11 Å². The Hall–Kier alpha value is -2.88. The second kappa shape index (κ2) is 8.01. The van der Waals surface area contributed by atoms with Crippen LogP contribution in [0.2, 0.25) is 0 Å². The summed E-state index contributed by atoms with van der Waals surface area (Å²) in [5.41, 5.74) is 3.28. The minimum atomic E-state index is -0.00730. The zero-order valence-electron chi connectivity index (χ0n) is 16.4. The lowest BCUT2D eigenvalue weighted by atomic mass is 9.85. The van der Waals surface area contributed by atoms with Gasteiger partial charge in [-0.2, -0.15) is 0 Å². The van der Waals surface area contributed by atoms with Crippen LogP contribution in [0.15, 0.2) is 54.6 Å². The Morgan fingerprint density at radius 1 is 1.07 bits per heavy atom. The molecule has 3 aromatic rings. The maximum absolute atomic E-state index is 13.2. The van der Waals surface area contributed by atoms with Gasteiger partial charge in [-0.3, -0.25) is 4.79 Å². The first-order chi connectivity index (χ1) is 13.7. The summed E-state index contributed by atoms with van der Waals surface area (Å²) in [7, 11) is 1.65. The van der Waals surface area contributed by atoms with Gasteiger partial charge in [0, 0.05) is 17.0 Å². The molecule has 2 atom stereocenters. The number of amides is 1. The zero-order chi connectivity index (χ0) is 19.5. The molecule has 0 spiro atoms. The SMILES string of the molecule is COc1ccc(-c2cc(C(=O)N[C@H]3CCCC[C@H]3C)c3ccccc3n2)cc1. The van der Waals surface area contributed by atoms with Gasteiger partial charge in [-0.05, 0) is 55.2 Å². The van der Waals surface area contributed by atoms with Crippen LogP contribution in [0.3, 0.4) is 0 Å². The Morgan fingerprint density at radius 2 is 1.82 bits per heavy atom. The first kappa shape index (κ1) is 18.5. The van der Waals surface area contributed by atoms with Crippen LogP contribution in [0.1, 0.15) is 43.0 Å². The maximum Gasteiger partial charge on any atom is 0.252 e. The summed E-state index contributed by atoms with van der Waals surface area (Å²) in [5.74, 6) is 1.31. The summed E-state index contributed by atoms with van der Waals surface area (Å²) >= 11 is 0. The number of carbonyl (C=O) groups is 1. The normalized spacial score (nSPS) is 19.4. The van der Waals surface area contributed by atoms with E-state index < -0.39 is 0 Å². The summed E-state index contributed by atoms with van der Waals surface area (Å²) in [4.78, 5) is 18.0. The van der Waals surface area contributed by atoms with Gasteiger partial charge in [-0.1, -0.05) is 38.0 Å². The predicted octanol–water partition coefficient (Wildman–Crippen LogP) is 5.22. The lowest BCUT2D eigenvalue weighted by Gasteiger charge is -2.29. The summed E-state index contributed by atoms with van der Waals surface area (Å²) in [6.45, 7) is 2.23. The average molecular weight is 374 g/mol. The quantitative estimate of drug-likeness (QED) is 0.681. The molecule has 1 aromatic heterocycles. The van der Waals surface area contributed by atoms with Crippen LogP contribution in [0, 0.1) is 5.92 Å². The van der Waals surface area contributed by atoms with E-state index in [4.69, 9.17) is 9.72 Å². The number of benzene rings is 2. The van der Waals surface area contributed by atoms with Gasteiger partial charge >= 0.3 is 0 Å². The van der Waals surface area contributed by atoms with Crippen LogP contribution < -0.4 is 10.1 Å². The highest BCUT2D eigenvalue weighted by Crippen LogP contribution is 2.28. The molecule has 1 amide bonds. The van der Waals surface area contributed by atoms with Gasteiger partial charge < -0.3 is 10.1 Å². The number of rotatable bonds is 4. The fourth-order valence-electron chi connectivity index (χ4n) is 4.05. The number of pyridine rings is 1. The van der Waals surface area contributed by atoms with Crippen molar-refractivity contribution in [1.29, 1.82) is 0 Å².